The van der Waals surface area contributed by atoms with Crippen molar-refractivity contribution >= 4 is 22.8 Å². The van der Waals surface area contributed by atoms with Crippen LogP contribution in [0.15, 0.2) is 18.3 Å². The lowest BCUT2D eigenvalue weighted by atomic mass is 10.3. The molecule has 0 radical (unpaired) electrons. The predicted octanol–water partition coefficient (Wildman–Crippen LogP) is 2.40. The molecule has 2 rings (SSSR count). The van der Waals surface area contributed by atoms with Gasteiger partial charge < -0.3 is 9.64 Å². The molecule has 2 aromatic rings. The van der Waals surface area contributed by atoms with Crippen LogP contribution in [-0.4, -0.2) is 28.5 Å². The van der Waals surface area contributed by atoms with E-state index >= 15 is 0 Å². The fourth-order valence-electron chi connectivity index (χ4n) is 1.83. The number of aryl methyl sites for hydroxylation is 1. The number of pyridine rings is 1. The molecule has 114 valence electrons. The SMILES string of the molecule is C#CCOc1ccc([N+](=O)[O-])c(N(C)Cc2cnc(C)s2)n1. The van der Waals surface area contributed by atoms with Gasteiger partial charge in [0.25, 0.3) is 0 Å². The van der Waals surface area contributed by atoms with Gasteiger partial charge in [-0.15, -0.1) is 17.8 Å². The third kappa shape index (κ3) is 3.71. The van der Waals surface area contributed by atoms with Gasteiger partial charge in [0.05, 0.1) is 16.5 Å². The second-order valence-corrected chi connectivity index (χ2v) is 5.76. The Bertz CT molecular complexity index is 723. The van der Waals surface area contributed by atoms with E-state index in [0.717, 1.165) is 9.88 Å². The van der Waals surface area contributed by atoms with Crippen LogP contribution in [0.5, 0.6) is 5.88 Å². The number of anilines is 1. The van der Waals surface area contributed by atoms with Crippen LogP contribution in [0.25, 0.3) is 0 Å². The van der Waals surface area contributed by atoms with Gasteiger partial charge in [0.1, 0.15) is 0 Å². The highest BCUT2D eigenvalue weighted by atomic mass is 32.1. The molecule has 0 spiro atoms. The van der Waals surface area contributed by atoms with Gasteiger partial charge in [-0.1, -0.05) is 5.92 Å². The molecular formula is C14H14N4O3S. The summed E-state index contributed by atoms with van der Waals surface area (Å²) < 4.78 is 5.23. The Morgan fingerprint density at radius 1 is 1.55 bits per heavy atom. The number of rotatable bonds is 6. The first-order valence-corrected chi connectivity index (χ1v) is 7.17. The summed E-state index contributed by atoms with van der Waals surface area (Å²) in [5, 5.41) is 12.1. The molecule has 22 heavy (non-hydrogen) atoms. The van der Waals surface area contributed by atoms with Crippen LogP contribution in [-0.2, 0) is 6.54 Å². The fraction of sp³-hybridized carbons (Fsp3) is 0.286. The molecule has 8 heteroatoms. The number of nitro groups is 1. The lowest BCUT2D eigenvalue weighted by Gasteiger charge is -2.17. The largest absolute Gasteiger partial charge is 0.464 e. The van der Waals surface area contributed by atoms with Gasteiger partial charge in [-0.3, -0.25) is 10.1 Å². The van der Waals surface area contributed by atoms with E-state index in [1.165, 1.54) is 23.5 Å². The van der Waals surface area contributed by atoms with Crippen molar-refractivity contribution in [1.82, 2.24) is 9.97 Å². The van der Waals surface area contributed by atoms with E-state index in [0.29, 0.717) is 6.54 Å². The van der Waals surface area contributed by atoms with Crippen molar-refractivity contribution in [3.05, 3.63) is 38.3 Å². The number of ether oxygens (including phenoxy) is 1. The first kappa shape index (κ1) is 15.7. The summed E-state index contributed by atoms with van der Waals surface area (Å²) in [6.45, 7) is 2.43. The smallest absolute Gasteiger partial charge is 0.311 e. The monoisotopic (exact) mass is 318 g/mol. The Hall–Kier alpha value is -2.66. The first-order valence-electron chi connectivity index (χ1n) is 6.35. The van der Waals surface area contributed by atoms with Gasteiger partial charge >= 0.3 is 5.69 Å². The summed E-state index contributed by atoms with van der Waals surface area (Å²) >= 11 is 1.53. The Kier molecular flexibility index (Phi) is 4.91. The summed E-state index contributed by atoms with van der Waals surface area (Å²) in [6, 6.07) is 2.80. The van der Waals surface area contributed by atoms with E-state index in [1.54, 1.807) is 18.1 Å². The van der Waals surface area contributed by atoms with Gasteiger partial charge in [0.2, 0.25) is 11.7 Å². The number of terminal acetylenes is 1. The molecular weight excluding hydrogens is 304 g/mol. The number of nitrogens with zero attached hydrogens (tertiary/aromatic N) is 4. The van der Waals surface area contributed by atoms with Crippen molar-refractivity contribution in [3.63, 3.8) is 0 Å². The normalized spacial score (nSPS) is 10.0. The molecule has 0 aliphatic carbocycles. The van der Waals surface area contributed by atoms with Crippen molar-refractivity contribution in [2.75, 3.05) is 18.6 Å². The molecule has 0 amide bonds. The summed E-state index contributed by atoms with van der Waals surface area (Å²) in [4.78, 5) is 21.7. The Morgan fingerprint density at radius 3 is 2.91 bits per heavy atom. The van der Waals surface area contributed by atoms with E-state index in [-0.39, 0.29) is 24.0 Å². The van der Waals surface area contributed by atoms with Gasteiger partial charge in [-0.05, 0) is 6.92 Å². The average molecular weight is 318 g/mol. The minimum absolute atomic E-state index is 0.0575. The number of aromatic nitrogens is 2. The Labute approximate surface area is 131 Å². The molecule has 0 aliphatic heterocycles. The molecule has 0 N–H and O–H groups in total. The summed E-state index contributed by atoms with van der Waals surface area (Å²) in [7, 11) is 1.73. The Morgan fingerprint density at radius 2 is 2.32 bits per heavy atom. The van der Waals surface area contributed by atoms with Crippen molar-refractivity contribution < 1.29 is 9.66 Å². The minimum atomic E-state index is -0.471. The van der Waals surface area contributed by atoms with Crippen LogP contribution in [0.1, 0.15) is 9.88 Å². The average Bonchev–Trinajstić information content (AvgIpc) is 2.89. The molecule has 0 fully saturated rings. The zero-order valence-electron chi connectivity index (χ0n) is 12.1. The first-order chi connectivity index (χ1) is 10.5. The van der Waals surface area contributed by atoms with E-state index in [9.17, 15) is 10.1 Å². The van der Waals surface area contributed by atoms with Gasteiger partial charge in [-0.25, -0.2) is 4.98 Å². The van der Waals surface area contributed by atoms with Crippen molar-refractivity contribution in [3.8, 4) is 18.2 Å². The highest BCUT2D eigenvalue weighted by Gasteiger charge is 2.20. The molecule has 0 aromatic carbocycles. The van der Waals surface area contributed by atoms with Crippen molar-refractivity contribution in [1.29, 1.82) is 0 Å². The lowest BCUT2D eigenvalue weighted by molar-refractivity contribution is -0.384. The molecule has 7 nitrogen and oxygen atoms in total. The van der Waals surface area contributed by atoms with E-state index < -0.39 is 4.92 Å². The molecule has 0 saturated heterocycles. The zero-order valence-corrected chi connectivity index (χ0v) is 13.0. The highest BCUT2D eigenvalue weighted by molar-refractivity contribution is 7.11. The van der Waals surface area contributed by atoms with E-state index in [4.69, 9.17) is 11.2 Å². The summed E-state index contributed by atoms with van der Waals surface area (Å²) in [5.74, 6) is 2.81. The molecule has 2 heterocycles. The van der Waals surface area contributed by atoms with Crippen LogP contribution in [0.4, 0.5) is 11.5 Å². The maximum atomic E-state index is 11.2. The van der Waals surface area contributed by atoms with Crippen molar-refractivity contribution in [2.45, 2.75) is 13.5 Å². The maximum absolute atomic E-state index is 11.2. The summed E-state index contributed by atoms with van der Waals surface area (Å²) in [5.41, 5.74) is -0.0863. The number of hydrogen-bond acceptors (Lipinski definition) is 7. The van der Waals surface area contributed by atoms with Crippen LogP contribution < -0.4 is 9.64 Å². The zero-order chi connectivity index (χ0) is 16.1. The van der Waals surface area contributed by atoms with E-state index in [2.05, 4.69) is 15.9 Å². The fourth-order valence-corrected chi connectivity index (χ4v) is 2.68. The van der Waals surface area contributed by atoms with Crippen LogP contribution in [0.2, 0.25) is 0 Å². The van der Waals surface area contributed by atoms with Crippen LogP contribution in [0, 0.1) is 29.4 Å². The predicted molar refractivity (Wildman–Crippen MR) is 84.2 cm³/mol. The standard InChI is InChI=1S/C14H14N4O3S/c1-4-7-21-13-6-5-12(18(19)20)14(16-13)17(3)9-11-8-15-10(2)22-11/h1,5-6,8H,7,9H2,2-3H3. The minimum Gasteiger partial charge on any atom is -0.464 e. The quantitative estimate of drug-likeness (QED) is 0.462. The lowest BCUT2D eigenvalue weighted by Crippen LogP contribution is -2.19. The molecule has 2 aromatic heterocycles. The molecule has 0 bridgehead atoms. The van der Waals surface area contributed by atoms with Gasteiger partial charge in [0.15, 0.2) is 6.61 Å². The number of thiazole rings is 1. The van der Waals surface area contributed by atoms with Crippen LogP contribution >= 0.6 is 11.3 Å². The third-order valence-electron chi connectivity index (χ3n) is 2.75. The van der Waals surface area contributed by atoms with Gasteiger partial charge in [-0.2, -0.15) is 4.98 Å². The highest BCUT2D eigenvalue weighted by Crippen LogP contribution is 2.29. The third-order valence-corrected chi connectivity index (χ3v) is 3.65. The topological polar surface area (TPSA) is 81.4 Å². The Balaban J connectivity index is 2.28. The second-order valence-electron chi connectivity index (χ2n) is 4.44. The molecule has 0 unspecified atom stereocenters. The van der Waals surface area contributed by atoms with E-state index in [1.807, 2.05) is 6.92 Å². The molecule has 0 aliphatic rings. The molecule has 0 saturated carbocycles. The maximum Gasteiger partial charge on any atom is 0.311 e. The van der Waals surface area contributed by atoms with Crippen LogP contribution in [0.3, 0.4) is 0 Å². The second kappa shape index (κ2) is 6.87. The van der Waals surface area contributed by atoms with Gasteiger partial charge in [0, 0.05) is 30.3 Å². The number of hydrogen-bond donors (Lipinski definition) is 0. The summed E-state index contributed by atoms with van der Waals surface area (Å²) in [6.07, 6.45) is 6.88. The van der Waals surface area contributed by atoms with Crippen molar-refractivity contribution in [2.24, 2.45) is 0 Å². The molecule has 0 atom stereocenters.